The lowest BCUT2D eigenvalue weighted by atomic mass is 9.96. The highest BCUT2D eigenvalue weighted by Gasteiger charge is 2.13. The van der Waals surface area contributed by atoms with Crippen molar-refractivity contribution in [3.8, 4) is 0 Å². The van der Waals surface area contributed by atoms with Gasteiger partial charge in [-0.05, 0) is 54.3 Å². The quantitative estimate of drug-likeness (QED) is 0.874. The average molecular weight is 298 g/mol. The Kier molecular flexibility index (Phi) is 4.46. The van der Waals surface area contributed by atoms with Gasteiger partial charge in [-0.3, -0.25) is 0 Å². The summed E-state index contributed by atoms with van der Waals surface area (Å²) in [5, 5.41) is 1.20. The van der Waals surface area contributed by atoms with Gasteiger partial charge in [-0.1, -0.05) is 35.3 Å². The first kappa shape index (κ1) is 14.3. The fourth-order valence-corrected chi connectivity index (χ4v) is 2.45. The lowest BCUT2D eigenvalue weighted by Crippen LogP contribution is -2.15. The highest BCUT2D eigenvalue weighted by molar-refractivity contribution is 6.31. The molecular weight excluding hydrogens is 284 g/mol. The molecule has 0 saturated heterocycles. The van der Waals surface area contributed by atoms with Crippen LogP contribution in [0.4, 0.5) is 4.39 Å². The fourth-order valence-electron chi connectivity index (χ4n) is 2.07. The molecule has 4 heteroatoms. The van der Waals surface area contributed by atoms with Crippen LogP contribution >= 0.6 is 23.2 Å². The molecule has 0 radical (unpaired) electrons. The predicted molar refractivity (Wildman–Crippen MR) is 78.2 cm³/mol. The van der Waals surface area contributed by atoms with Crippen molar-refractivity contribution < 1.29 is 4.39 Å². The van der Waals surface area contributed by atoms with Crippen molar-refractivity contribution in [2.75, 3.05) is 0 Å². The lowest BCUT2D eigenvalue weighted by molar-refractivity contribution is 0.622. The maximum atomic E-state index is 13.2. The standard InChI is InChI=1S/C15H14Cl2FN/c1-9-12(3-2-4-13(9)16)15(19)8-10-7-11(18)5-6-14(10)17/h2-7,15H,8,19H2,1H3. The van der Waals surface area contributed by atoms with E-state index in [4.69, 9.17) is 28.9 Å². The van der Waals surface area contributed by atoms with E-state index in [9.17, 15) is 4.39 Å². The Morgan fingerprint density at radius 1 is 1.16 bits per heavy atom. The van der Waals surface area contributed by atoms with E-state index in [-0.39, 0.29) is 11.9 Å². The van der Waals surface area contributed by atoms with Crippen LogP contribution in [-0.4, -0.2) is 0 Å². The van der Waals surface area contributed by atoms with Crippen LogP contribution in [0.3, 0.4) is 0 Å². The molecule has 1 atom stereocenters. The summed E-state index contributed by atoms with van der Waals surface area (Å²) in [6, 6.07) is 9.64. The van der Waals surface area contributed by atoms with Gasteiger partial charge in [-0.15, -0.1) is 0 Å². The number of hydrogen-bond acceptors (Lipinski definition) is 1. The van der Waals surface area contributed by atoms with E-state index in [1.807, 2.05) is 25.1 Å². The maximum absolute atomic E-state index is 13.2. The van der Waals surface area contributed by atoms with Crippen molar-refractivity contribution >= 4 is 23.2 Å². The van der Waals surface area contributed by atoms with Crippen LogP contribution in [0.15, 0.2) is 36.4 Å². The first-order valence-corrected chi connectivity index (χ1v) is 6.69. The summed E-state index contributed by atoms with van der Waals surface area (Å²) in [6.45, 7) is 1.92. The molecule has 0 spiro atoms. The summed E-state index contributed by atoms with van der Waals surface area (Å²) in [6.07, 6.45) is 0.470. The number of rotatable bonds is 3. The Balaban J connectivity index is 2.28. The molecule has 0 fully saturated rings. The number of nitrogens with two attached hydrogens (primary N) is 1. The van der Waals surface area contributed by atoms with Crippen molar-refractivity contribution in [3.63, 3.8) is 0 Å². The van der Waals surface area contributed by atoms with Gasteiger partial charge in [0.1, 0.15) is 5.82 Å². The Morgan fingerprint density at radius 2 is 1.89 bits per heavy atom. The number of benzene rings is 2. The van der Waals surface area contributed by atoms with Crippen LogP contribution in [0.1, 0.15) is 22.7 Å². The van der Waals surface area contributed by atoms with Crippen LogP contribution in [-0.2, 0) is 6.42 Å². The van der Waals surface area contributed by atoms with Gasteiger partial charge in [0.15, 0.2) is 0 Å². The second-order valence-electron chi connectivity index (χ2n) is 4.50. The Labute approximate surface area is 122 Å². The van der Waals surface area contributed by atoms with Crippen LogP contribution in [0.5, 0.6) is 0 Å². The number of hydrogen-bond donors (Lipinski definition) is 1. The van der Waals surface area contributed by atoms with Gasteiger partial charge in [0, 0.05) is 16.1 Å². The van der Waals surface area contributed by atoms with E-state index in [2.05, 4.69) is 0 Å². The molecule has 1 unspecified atom stereocenters. The molecule has 0 aliphatic carbocycles. The molecule has 0 saturated carbocycles. The minimum absolute atomic E-state index is 0.266. The van der Waals surface area contributed by atoms with Crippen molar-refractivity contribution in [2.24, 2.45) is 5.73 Å². The summed E-state index contributed by atoms with van der Waals surface area (Å²) in [4.78, 5) is 0. The molecule has 0 aliphatic rings. The third-order valence-electron chi connectivity index (χ3n) is 3.16. The molecular formula is C15H14Cl2FN. The molecule has 19 heavy (non-hydrogen) atoms. The molecule has 2 rings (SSSR count). The largest absolute Gasteiger partial charge is 0.324 e. The third kappa shape index (κ3) is 3.27. The van der Waals surface area contributed by atoms with Crippen LogP contribution in [0.2, 0.25) is 10.0 Å². The normalized spacial score (nSPS) is 12.5. The topological polar surface area (TPSA) is 26.0 Å². The highest BCUT2D eigenvalue weighted by Crippen LogP contribution is 2.27. The molecule has 2 aromatic carbocycles. The zero-order valence-electron chi connectivity index (χ0n) is 10.5. The predicted octanol–water partition coefficient (Wildman–Crippen LogP) is 4.68. The van der Waals surface area contributed by atoms with Crippen molar-refractivity contribution in [3.05, 3.63) is 69.0 Å². The van der Waals surface area contributed by atoms with E-state index in [0.29, 0.717) is 22.0 Å². The second-order valence-corrected chi connectivity index (χ2v) is 5.31. The van der Waals surface area contributed by atoms with E-state index >= 15 is 0 Å². The van der Waals surface area contributed by atoms with E-state index < -0.39 is 0 Å². The SMILES string of the molecule is Cc1c(Cl)cccc1C(N)Cc1cc(F)ccc1Cl. The zero-order chi connectivity index (χ0) is 14.0. The molecule has 2 aromatic rings. The molecule has 100 valence electrons. The van der Waals surface area contributed by atoms with Gasteiger partial charge in [-0.25, -0.2) is 4.39 Å². The molecule has 1 nitrogen and oxygen atoms in total. The third-order valence-corrected chi connectivity index (χ3v) is 3.93. The monoisotopic (exact) mass is 297 g/mol. The summed E-state index contributed by atoms with van der Waals surface area (Å²) >= 11 is 12.1. The Hall–Kier alpha value is -1.09. The molecule has 0 bridgehead atoms. The van der Waals surface area contributed by atoms with Crippen LogP contribution < -0.4 is 5.73 Å². The van der Waals surface area contributed by atoms with E-state index in [1.165, 1.54) is 12.1 Å². The second kappa shape index (κ2) is 5.91. The van der Waals surface area contributed by atoms with Crippen molar-refractivity contribution in [1.82, 2.24) is 0 Å². The number of halogens is 3. The molecule has 2 N–H and O–H groups in total. The zero-order valence-corrected chi connectivity index (χ0v) is 12.0. The van der Waals surface area contributed by atoms with Gasteiger partial charge < -0.3 is 5.73 Å². The van der Waals surface area contributed by atoms with Crippen LogP contribution in [0, 0.1) is 12.7 Å². The molecule has 0 aliphatic heterocycles. The van der Waals surface area contributed by atoms with Crippen molar-refractivity contribution in [1.29, 1.82) is 0 Å². The first-order valence-electron chi connectivity index (χ1n) is 5.93. The van der Waals surface area contributed by atoms with Crippen LogP contribution in [0.25, 0.3) is 0 Å². The average Bonchev–Trinajstić information content (AvgIpc) is 2.37. The van der Waals surface area contributed by atoms with Gasteiger partial charge >= 0.3 is 0 Å². The molecule has 0 heterocycles. The van der Waals surface area contributed by atoms with Gasteiger partial charge in [-0.2, -0.15) is 0 Å². The van der Waals surface area contributed by atoms with E-state index in [1.54, 1.807) is 6.07 Å². The lowest BCUT2D eigenvalue weighted by Gasteiger charge is -2.16. The van der Waals surface area contributed by atoms with Gasteiger partial charge in [0.05, 0.1) is 0 Å². The van der Waals surface area contributed by atoms with Gasteiger partial charge in [0.2, 0.25) is 0 Å². The summed E-state index contributed by atoms with van der Waals surface area (Å²) in [5.41, 5.74) is 8.78. The summed E-state index contributed by atoms with van der Waals surface area (Å²) < 4.78 is 13.2. The van der Waals surface area contributed by atoms with Crippen molar-refractivity contribution in [2.45, 2.75) is 19.4 Å². The first-order chi connectivity index (χ1) is 8.99. The Morgan fingerprint density at radius 3 is 2.63 bits per heavy atom. The Bertz CT molecular complexity index is 599. The summed E-state index contributed by atoms with van der Waals surface area (Å²) in [7, 11) is 0. The highest BCUT2D eigenvalue weighted by atomic mass is 35.5. The molecule has 0 aromatic heterocycles. The minimum Gasteiger partial charge on any atom is -0.324 e. The molecule has 0 amide bonds. The summed E-state index contributed by atoms with van der Waals surface area (Å²) in [5.74, 6) is -0.311. The fraction of sp³-hybridized carbons (Fsp3) is 0.200. The van der Waals surface area contributed by atoms with E-state index in [0.717, 1.165) is 11.1 Å². The smallest absolute Gasteiger partial charge is 0.123 e. The van der Waals surface area contributed by atoms with Gasteiger partial charge in [0.25, 0.3) is 0 Å². The minimum atomic E-state index is -0.311. The maximum Gasteiger partial charge on any atom is 0.123 e.